The van der Waals surface area contributed by atoms with Crippen molar-refractivity contribution >= 4 is 11.6 Å². The molecule has 1 nitrogen and oxygen atoms in total. The Morgan fingerprint density at radius 3 is 2.53 bits per heavy atom. The van der Waals surface area contributed by atoms with Crippen molar-refractivity contribution in [2.75, 3.05) is 6.61 Å². The molecule has 0 aliphatic heterocycles. The van der Waals surface area contributed by atoms with Crippen molar-refractivity contribution in [2.45, 2.75) is 27.2 Å². The molecule has 0 fully saturated rings. The van der Waals surface area contributed by atoms with Gasteiger partial charge < -0.3 is 4.74 Å². The molecule has 0 aromatic heterocycles. The average Bonchev–Trinajstić information content (AvgIpc) is 2.09. The molecular weight excluding hydrogens is 215 g/mol. The quantitative estimate of drug-likeness (QED) is 0.753. The van der Waals surface area contributed by atoms with E-state index in [2.05, 4.69) is 20.8 Å². The first-order valence-electron chi connectivity index (χ1n) is 4.96. The second-order valence-electron chi connectivity index (χ2n) is 4.74. The first-order chi connectivity index (χ1) is 6.88. The fourth-order valence-corrected chi connectivity index (χ4v) is 1.16. The fourth-order valence-electron chi connectivity index (χ4n) is 1.04. The lowest BCUT2D eigenvalue weighted by molar-refractivity contribution is 0.242. The Kier molecular flexibility index (Phi) is 3.97. The predicted molar refractivity (Wildman–Crippen MR) is 61.0 cm³/mol. The lowest BCUT2D eigenvalue weighted by Gasteiger charge is -2.18. The lowest BCUT2D eigenvalue weighted by Crippen LogP contribution is -2.11. The zero-order valence-electron chi connectivity index (χ0n) is 9.31. The van der Waals surface area contributed by atoms with Crippen molar-refractivity contribution in [3.63, 3.8) is 0 Å². The molecule has 0 N–H and O–H groups in total. The van der Waals surface area contributed by atoms with Gasteiger partial charge in [-0.1, -0.05) is 32.4 Å². The van der Waals surface area contributed by atoms with Gasteiger partial charge in [0.2, 0.25) is 0 Å². The van der Waals surface area contributed by atoms with Crippen LogP contribution in [0.5, 0.6) is 5.75 Å². The van der Waals surface area contributed by atoms with E-state index in [1.165, 1.54) is 12.1 Å². The minimum atomic E-state index is -0.440. The zero-order valence-corrected chi connectivity index (χ0v) is 10.1. The molecule has 0 aliphatic carbocycles. The number of rotatable bonds is 3. The van der Waals surface area contributed by atoms with Crippen LogP contribution < -0.4 is 4.74 Å². The summed E-state index contributed by atoms with van der Waals surface area (Å²) in [5, 5.41) is 0.123. The van der Waals surface area contributed by atoms with Gasteiger partial charge in [0.1, 0.15) is 11.6 Å². The Balaban J connectivity index is 2.48. The second kappa shape index (κ2) is 4.84. The van der Waals surface area contributed by atoms with Crippen molar-refractivity contribution in [1.29, 1.82) is 0 Å². The van der Waals surface area contributed by atoms with Crippen LogP contribution in [0.1, 0.15) is 27.2 Å². The smallest absolute Gasteiger partial charge is 0.145 e. The maximum absolute atomic E-state index is 13.0. The summed E-state index contributed by atoms with van der Waals surface area (Å²) >= 11 is 5.56. The van der Waals surface area contributed by atoms with E-state index >= 15 is 0 Å². The Morgan fingerprint density at radius 2 is 2.00 bits per heavy atom. The summed E-state index contributed by atoms with van der Waals surface area (Å²) in [6.45, 7) is 7.00. The van der Waals surface area contributed by atoms with Crippen molar-refractivity contribution in [3.05, 3.63) is 29.0 Å². The van der Waals surface area contributed by atoms with Gasteiger partial charge in [-0.15, -0.1) is 0 Å². The molecule has 0 saturated carbocycles. The summed E-state index contributed by atoms with van der Waals surface area (Å²) in [7, 11) is 0. The van der Waals surface area contributed by atoms with Gasteiger partial charge in [0, 0.05) is 6.07 Å². The molecule has 0 heterocycles. The molecule has 0 aliphatic rings. The van der Waals surface area contributed by atoms with Gasteiger partial charge in [-0.05, 0) is 24.0 Å². The van der Waals surface area contributed by atoms with Crippen LogP contribution in [0.3, 0.4) is 0 Å². The first kappa shape index (κ1) is 12.3. The summed E-state index contributed by atoms with van der Waals surface area (Å²) in [5.41, 5.74) is 0.227. The largest absolute Gasteiger partial charge is 0.493 e. The molecule has 0 radical (unpaired) electrons. The number of hydrogen-bond acceptors (Lipinski definition) is 1. The molecule has 15 heavy (non-hydrogen) atoms. The minimum absolute atomic E-state index is 0.123. The van der Waals surface area contributed by atoms with E-state index in [-0.39, 0.29) is 10.4 Å². The molecule has 1 aromatic rings. The van der Waals surface area contributed by atoms with Crippen LogP contribution >= 0.6 is 11.6 Å². The standard InChI is InChI=1S/C12H16ClFO/c1-12(2,3)6-7-15-9-4-5-10(13)11(14)8-9/h4-5,8H,6-7H2,1-3H3. The van der Waals surface area contributed by atoms with E-state index in [4.69, 9.17) is 16.3 Å². The average molecular weight is 231 g/mol. The van der Waals surface area contributed by atoms with Crippen LogP contribution in [-0.2, 0) is 0 Å². The topological polar surface area (TPSA) is 9.23 Å². The SMILES string of the molecule is CC(C)(C)CCOc1ccc(Cl)c(F)c1. The third kappa shape index (κ3) is 4.52. The van der Waals surface area contributed by atoms with Gasteiger partial charge in [0.25, 0.3) is 0 Å². The summed E-state index contributed by atoms with van der Waals surface area (Å²) in [6.07, 6.45) is 0.928. The highest BCUT2D eigenvalue weighted by Gasteiger charge is 2.10. The molecule has 1 rings (SSSR count). The van der Waals surface area contributed by atoms with Crippen LogP contribution in [0.4, 0.5) is 4.39 Å². The minimum Gasteiger partial charge on any atom is -0.493 e. The number of ether oxygens (including phenoxy) is 1. The highest BCUT2D eigenvalue weighted by molar-refractivity contribution is 6.30. The van der Waals surface area contributed by atoms with E-state index < -0.39 is 5.82 Å². The van der Waals surface area contributed by atoms with Crippen LogP contribution in [0.15, 0.2) is 18.2 Å². The van der Waals surface area contributed by atoms with Crippen molar-refractivity contribution in [1.82, 2.24) is 0 Å². The second-order valence-corrected chi connectivity index (χ2v) is 5.14. The highest BCUT2D eigenvalue weighted by Crippen LogP contribution is 2.22. The third-order valence-corrected chi connectivity index (χ3v) is 2.32. The molecule has 0 unspecified atom stereocenters. The van der Waals surface area contributed by atoms with E-state index in [0.717, 1.165) is 6.42 Å². The van der Waals surface area contributed by atoms with Crippen molar-refractivity contribution in [2.24, 2.45) is 5.41 Å². The third-order valence-electron chi connectivity index (χ3n) is 2.01. The summed E-state index contributed by atoms with van der Waals surface area (Å²) in [4.78, 5) is 0. The lowest BCUT2D eigenvalue weighted by atomic mass is 9.93. The van der Waals surface area contributed by atoms with Crippen molar-refractivity contribution < 1.29 is 9.13 Å². The van der Waals surface area contributed by atoms with Gasteiger partial charge in [-0.3, -0.25) is 0 Å². The molecule has 0 amide bonds. The van der Waals surface area contributed by atoms with E-state index in [1.807, 2.05) is 0 Å². The molecule has 0 spiro atoms. The number of benzene rings is 1. The highest BCUT2D eigenvalue weighted by atomic mass is 35.5. The maximum Gasteiger partial charge on any atom is 0.145 e. The van der Waals surface area contributed by atoms with Gasteiger partial charge in [-0.25, -0.2) is 4.39 Å². The fraction of sp³-hybridized carbons (Fsp3) is 0.500. The Bertz CT molecular complexity index is 331. The normalized spacial score (nSPS) is 11.5. The van der Waals surface area contributed by atoms with Gasteiger partial charge in [-0.2, -0.15) is 0 Å². The van der Waals surface area contributed by atoms with Crippen LogP contribution in [0.25, 0.3) is 0 Å². The zero-order chi connectivity index (χ0) is 11.5. The molecule has 0 bridgehead atoms. The summed E-state index contributed by atoms with van der Waals surface area (Å²) < 4.78 is 18.4. The van der Waals surface area contributed by atoms with Crippen LogP contribution in [-0.4, -0.2) is 6.61 Å². The molecule has 0 saturated heterocycles. The first-order valence-corrected chi connectivity index (χ1v) is 5.34. The molecule has 3 heteroatoms. The molecular formula is C12H16ClFO. The van der Waals surface area contributed by atoms with E-state index in [1.54, 1.807) is 6.07 Å². The molecule has 1 aromatic carbocycles. The molecule has 0 atom stereocenters. The van der Waals surface area contributed by atoms with Crippen molar-refractivity contribution in [3.8, 4) is 5.75 Å². The maximum atomic E-state index is 13.0. The van der Waals surface area contributed by atoms with Crippen LogP contribution in [0.2, 0.25) is 5.02 Å². The molecule has 84 valence electrons. The van der Waals surface area contributed by atoms with Gasteiger partial charge in [0.05, 0.1) is 11.6 Å². The monoisotopic (exact) mass is 230 g/mol. The van der Waals surface area contributed by atoms with E-state index in [0.29, 0.717) is 12.4 Å². The number of hydrogen-bond donors (Lipinski definition) is 0. The Labute approximate surface area is 95.2 Å². The van der Waals surface area contributed by atoms with Crippen LogP contribution in [0, 0.1) is 11.2 Å². The van der Waals surface area contributed by atoms with Gasteiger partial charge >= 0.3 is 0 Å². The predicted octanol–water partition coefficient (Wildman–Crippen LogP) is 4.29. The summed E-state index contributed by atoms with van der Waals surface area (Å²) in [5.74, 6) is 0.0890. The number of halogens is 2. The Hall–Kier alpha value is -0.760. The van der Waals surface area contributed by atoms with E-state index in [9.17, 15) is 4.39 Å². The van der Waals surface area contributed by atoms with Gasteiger partial charge in [0.15, 0.2) is 0 Å². The summed E-state index contributed by atoms with van der Waals surface area (Å²) in [6, 6.07) is 4.49. The Morgan fingerprint density at radius 1 is 1.33 bits per heavy atom.